The van der Waals surface area contributed by atoms with Gasteiger partial charge in [-0.25, -0.2) is 4.98 Å². The van der Waals surface area contributed by atoms with Gasteiger partial charge in [0.05, 0.1) is 0 Å². The number of nitrogens with zero attached hydrogens (tertiary/aromatic N) is 4. The van der Waals surface area contributed by atoms with Crippen LogP contribution in [0.4, 0.5) is 5.82 Å². The molecule has 2 aliphatic rings. The molecule has 0 radical (unpaired) electrons. The van der Waals surface area contributed by atoms with Crippen LogP contribution in [-0.4, -0.2) is 61.7 Å². The van der Waals surface area contributed by atoms with Gasteiger partial charge in [0.1, 0.15) is 5.82 Å². The number of aliphatic imine (C=N–C) groups is 1. The van der Waals surface area contributed by atoms with Crippen LogP contribution in [0.3, 0.4) is 0 Å². The van der Waals surface area contributed by atoms with E-state index in [1.807, 2.05) is 13.2 Å². The number of nitrogens with one attached hydrogen (secondary N) is 2. The minimum absolute atomic E-state index is 0. The van der Waals surface area contributed by atoms with E-state index in [2.05, 4.69) is 49.5 Å². The molecule has 0 bridgehead atoms. The van der Waals surface area contributed by atoms with E-state index in [-0.39, 0.29) is 24.0 Å². The van der Waals surface area contributed by atoms with Gasteiger partial charge in [-0.05, 0) is 62.9 Å². The van der Waals surface area contributed by atoms with E-state index in [1.165, 1.54) is 44.2 Å². The van der Waals surface area contributed by atoms with Crippen molar-refractivity contribution in [3.63, 3.8) is 0 Å². The van der Waals surface area contributed by atoms with E-state index in [9.17, 15) is 0 Å². The number of rotatable bonds is 6. The first-order valence-corrected chi connectivity index (χ1v) is 10.2. The first-order chi connectivity index (χ1) is 12.8. The van der Waals surface area contributed by atoms with Crippen molar-refractivity contribution in [3.8, 4) is 0 Å². The monoisotopic (exact) mass is 486 g/mol. The lowest BCUT2D eigenvalue weighted by atomic mass is 10.1. The van der Waals surface area contributed by atoms with E-state index in [0.717, 1.165) is 44.5 Å². The van der Waals surface area contributed by atoms with Crippen molar-refractivity contribution in [2.24, 2.45) is 4.99 Å². The molecule has 2 N–H and O–H groups in total. The Morgan fingerprint density at radius 2 is 2.00 bits per heavy atom. The van der Waals surface area contributed by atoms with Gasteiger partial charge < -0.3 is 15.5 Å². The van der Waals surface area contributed by atoms with Crippen molar-refractivity contribution in [3.05, 3.63) is 23.9 Å². The summed E-state index contributed by atoms with van der Waals surface area (Å²) in [5.74, 6) is 1.99. The van der Waals surface area contributed by atoms with Crippen molar-refractivity contribution in [2.45, 2.75) is 51.6 Å². The third-order valence-electron chi connectivity index (χ3n) is 5.58. The summed E-state index contributed by atoms with van der Waals surface area (Å²) in [5.41, 5.74) is 1.25. The summed E-state index contributed by atoms with van der Waals surface area (Å²) in [6.07, 6.45) is 8.40. The van der Waals surface area contributed by atoms with Gasteiger partial charge in [0, 0.05) is 45.5 Å². The lowest BCUT2D eigenvalue weighted by molar-refractivity contribution is 0.267. The van der Waals surface area contributed by atoms with Crippen LogP contribution < -0.4 is 15.5 Å². The number of likely N-dealkylation sites (tertiary alicyclic amines) is 1. The highest BCUT2D eigenvalue weighted by molar-refractivity contribution is 14.0. The number of halogens is 1. The maximum Gasteiger partial charge on any atom is 0.191 e. The van der Waals surface area contributed by atoms with Crippen LogP contribution in [0.15, 0.2) is 23.3 Å². The summed E-state index contributed by atoms with van der Waals surface area (Å²) in [7, 11) is 1.84. The van der Waals surface area contributed by atoms with E-state index >= 15 is 0 Å². The number of piperidine rings is 1. The van der Waals surface area contributed by atoms with Crippen LogP contribution in [0, 0.1) is 0 Å². The molecule has 1 aromatic heterocycles. The number of hydrogen-bond donors (Lipinski definition) is 2. The first kappa shape index (κ1) is 22.2. The molecule has 1 aromatic rings. The van der Waals surface area contributed by atoms with E-state index in [4.69, 9.17) is 0 Å². The second kappa shape index (κ2) is 11.7. The molecule has 7 heteroatoms. The smallest absolute Gasteiger partial charge is 0.191 e. The van der Waals surface area contributed by atoms with Crippen LogP contribution in [0.2, 0.25) is 0 Å². The van der Waals surface area contributed by atoms with E-state index < -0.39 is 0 Å². The molecule has 1 unspecified atom stereocenters. The molecule has 1 atom stereocenters. The fourth-order valence-corrected chi connectivity index (χ4v) is 4.03. The average molecular weight is 486 g/mol. The van der Waals surface area contributed by atoms with Gasteiger partial charge >= 0.3 is 0 Å². The molecule has 6 nitrogen and oxygen atoms in total. The van der Waals surface area contributed by atoms with Crippen molar-refractivity contribution in [1.29, 1.82) is 0 Å². The highest BCUT2D eigenvalue weighted by Gasteiger charge is 2.22. The zero-order valence-electron chi connectivity index (χ0n) is 16.8. The highest BCUT2D eigenvalue weighted by atomic mass is 127. The Kier molecular flexibility index (Phi) is 9.61. The first-order valence-electron chi connectivity index (χ1n) is 10.2. The van der Waals surface area contributed by atoms with Crippen molar-refractivity contribution >= 4 is 35.8 Å². The number of hydrogen-bond acceptors (Lipinski definition) is 4. The van der Waals surface area contributed by atoms with Crippen LogP contribution in [0.1, 0.15) is 44.6 Å². The third kappa shape index (κ3) is 6.48. The lowest BCUT2D eigenvalue weighted by Gasteiger charge is -2.28. The molecule has 0 aliphatic carbocycles. The Hall–Kier alpha value is -1.09. The Balaban J connectivity index is 0.00000261. The van der Waals surface area contributed by atoms with Crippen molar-refractivity contribution in [1.82, 2.24) is 20.5 Å². The zero-order chi connectivity index (χ0) is 18.2. The van der Waals surface area contributed by atoms with Crippen LogP contribution >= 0.6 is 24.0 Å². The second-order valence-corrected chi connectivity index (χ2v) is 7.30. The van der Waals surface area contributed by atoms with Gasteiger partial charge in [-0.1, -0.05) is 6.92 Å². The zero-order valence-corrected chi connectivity index (χ0v) is 19.1. The molecule has 27 heavy (non-hydrogen) atoms. The fraction of sp³-hybridized carbons (Fsp3) is 0.700. The summed E-state index contributed by atoms with van der Waals surface area (Å²) < 4.78 is 0. The van der Waals surface area contributed by atoms with E-state index in [1.54, 1.807) is 0 Å². The Morgan fingerprint density at radius 1 is 1.19 bits per heavy atom. The fourth-order valence-electron chi connectivity index (χ4n) is 4.03. The molecule has 0 spiro atoms. The molecule has 0 aromatic carbocycles. The van der Waals surface area contributed by atoms with Gasteiger partial charge in [0.25, 0.3) is 0 Å². The van der Waals surface area contributed by atoms with Gasteiger partial charge in [0.15, 0.2) is 5.96 Å². The molecule has 0 saturated carbocycles. The maximum absolute atomic E-state index is 4.56. The van der Waals surface area contributed by atoms with Crippen molar-refractivity contribution < 1.29 is 0 Å². The number of pyridine rings is 1. The summed E-state index contributed by atoms with van der Waals surface area (Å²) in [6.45, 7) is 8.59. The van der Waals surface area contributed by atoms with Crippen LogP contribution in [0.25, 0.3) is 0 Å². The molecule has 152 valence electrons. The van der Waals surface area contributed by atoms with Crippen LogP contribution in [-0.2, 0) is 6.54 Å². The summed E-state index contributed by atoms with van der Waals surface area (Å²) in [6, 6.07) is 4.93. The molecular formula is C20H35IN6. The highest BCUT2D eigenvalue weighted by Crippen LogP contribution is 2.18. The number of guanidine groups is 1. The molecule has 2 saturated heterocycles. The Bertz CT molecular complexity index is 588. The van der Waals surface area contributed by atoms with Gasteiger partial charge in [0.2, 0.25) is 0 Å². The Labute approximate surface area is 181 Å². The predicted octanol–water partition coefficient (Wildman–Crippen LogP) is 2.84. The van der Waals surface area contributed by atoms with Crippen LogP contribution in [0.5, 0.6) is 0 Å². The summed E-state index contributed by atoms with van der Waals surface area (Å²) in [4.78, 5) is 13.9. The molecule has 0 amide bonds. The topological polar surface area (TPSA) is 55.8 Å². The number of likely N-dealkylation sites (N-methyl/N-ethyl adjacent to an activating group) is 1. The van der Waals surface area contributed by atoms with E-state index in [0.29, 0.717) is 6.04 Å². The molecule has 2 fully saturated rings. The summed E-state index contributed by atoms with van der Waals surface area (Å²) >= 11 is 0. The minimum atomic E-state index is 0. The lowest BCUT2D eigenvalue weighted by Crippen LogP contribution is -2.44. The van der Waals surface area contributed by atoms with Gasteiger partial charge in [-0.3, -0.25) is 9.89 Å². The normalized spacial score (nSPS) is 21.0. The standard InChI is InChI=1S/C20H34N6.HI/c1-3-25-13-7-8-18(25)16-24-20(21-2)23-15-17-9-10-22-19(14-17)26-11-5-4-6-12-26;/h9-10,14,18H,3-8,11-13,15-16H2,1-2H3,(H2,21,23,24);1H. The molecule has 3 rings (SSSR count). The maximum atomic E-state index is 4.56. The van der Waals surface area contributed by atoms with Gasteiger partial charge in [-0.15, -0.1) is 24.0 Å². The third-order valence-corrected chi connectivity index (χ3v) is 5.58. The summed E-state index contributed by atoms with van der Waals surface area (Å²) in [5, 5.41) is 6.94. The van der Waals surface area contributed by atoms with Gasteiger partial charge in [-0.2, -0.15) is 0 Å². The SMILES string of the molecule is CCN1CCCC1CNC(=NC)NCc1ccnc(N2CCCCC2)c1.I. The second-order valence-electron chi connectivity index (χ2n) is 7.30. The van der Waals surface area contributed by atoms with Crippen molar-refractivity contribution in [2.75, 3.05) is 44.7 Å². The molecule has 2 aliphatic heterocycles. The molecular weight excluding hydrogens is 451 g/mol. The predicted molar refractivity (Wildman–Crippen MR) is 124 cm³/mol. The largest absolute Gasteiger partial charge is 0.357 e. The Morgan fingerprint density at radius 3 is 2.74 bits per heavy atom. The quantitative estimate of drug-likeness (QED) is 0.368. The number of aromatic nitrogens is 1. The molecule has 3 heterocycles. The average Bonchev–Trinajstić information content (AvgIpc) is 3.16. The number of anilines is 1. The minimum Gasteiger partial charge on any atom is -0.357 e.